The molecule has 13 rings (SSSR count). The van der Waals surface area contributed by atoms with Crippen LogP contribution in [0.5, 0.6) is 0 Å². The average molecular weight is 893 g/mol. The second-order valence-electron chi connectivity index (χ2n) is 18.7. The first kappa shape index (κ1) is 41.2. The molecule has 0 aromatic heterocycles. The van der Waals surface area contributed by atoms with Crippen molar-refractivity contribution in [1.29, 1.82) is 0 Å². The van der Waals surface area contributed by atoms with Gasteiger partial charge in [0.25, 0.3) is 0 Å². The van der Waals surface area contributed by atoms with Gasteiger partial charge in [0.1, 0.15) is 0 Å². The molecule has 2 nitrogen and oxygen atoms in total. The van der Waals surface area contributed by atoms with Crippen molar-refractivity contribution in [3.05, 3.63) is 266 Å². The summed E-state index contributed by atoms with van der Waals surface area (Å²) in [6, 6.07) is 94.4. The Balaban J connectivity index is 1.14. The molecule has 0 atom stereocenters. The number of benzene rings is 13. The van der Waals surface area contributed by atoms with Crippen molar-refractivity contribution in [2.75, 3.05) is 9.80 Å². The monoisotopic (exact) mass is 892 g/mol. The van der Waals surface area contributed by atoms with Gasteiger partial charge in [-0.25, -0.2) is 0 Å². The van der Waals surface area contributed by atoms with E-state index in [4.69, 9.17) is 0 Å². The van der Waals surface area contributed by atoms with Crippen LogP contribution >= 0.6 is 0 Å². The van der Waals surface area contributed by atoms with E-state index < -0.39 is 0 Å². The lowest BCUT2D eigenvalue weighted by Crippen LogP contribution is -2.11. The summed E-state index contributed by atoms with van der Waals surface area (Å²) in [5.41, 5.74) is 13.9. The number of rotatable bonds is 8. The maximum absolute atomic E-state index is 2.45. The predicted octanol–water partition coefficient (Wildman–Crippen LogP) is 19.5. The van der Waals surface area contributed by atoms with Crippen molar-refractivity contribution >= 4 is 98.8 Å². The maximum Gasteiger partial charge on any atom is 0.0468 e. The second-order valence-corrected chi connectivity index (χ2v) is 18.7. The van der Waals surface area contributed by atoms with Gasteiger partial charge in [0, 0.05) is 34.1 Å². The van der Waals surface area contributed by atoms with Crippen molar-refractivity contribution in [2.24, 2.45) is 0 Å². The highest BCUT2D eigenvalue weighted by atomic mass is 15.1. The van der Waals surface area contributed by atoms with Crippen LogP contribution in [0.4, 0.5) is 34.1 Å². The van der Waals surface area contributed by atoms with Crippen LogP contribution in [0, 0.1) is 13.8 Å². The SMILES string of the molecule is Cc1cccc(N(c2ccc3ccccc3c2)c2ccc3c(-c4ccc5ccccc5c4)c4cc(N(c5cccc(C)c5)c5ccc6ccccc6c5)ccc4c(-c4ccc5ccccc5c4)c3c2)c1. The summed E-state index contributed by atoms with van der Waals surface area (Å²) in [7, 11) is 0. The Morgan fingerprint density at radius 2 is 0.529 bits per heavy atom. The Hall–Kier alpha value is -8.98. The molecule has 70 heavy (non-hydrogen) atoms. The Labute approximate surface area is 408 Å². The highest BCUT2D eigenvalue weighted by Gasteiger charge is 2.23. The summed E-state index contributed by atoms with van der Waals surface area (Å²) in [6.45, 7) is 4.35. The van der Waals surface area contributed by atoms with E-state index in [1.165, 1.54) is 98.0 Å². The fourth-order valence-electron chi connectivity index (χ4n) is 10.9. The molecule has 0 aliphatic rings. The molecule has 0 fully saturated rings. The van der Waals surface area contributed by atoms with Gasteiger partial charge in [0.15, 0.2) is 0 Å². The normalized spacial score (nSPS) is 11.6. The van der Waals surface area contributed by atoms with Crippen molar-refractivity contribution in [3.63, 3.8) is 0 Å². The number of nitrogens with zero attached hydrogens (tertiary/aromatic N) is 2. The lowest BCUT2D eigenvalue weighted by Gasteiger charge is -2.28. The molecule has 330 valence electrons. The summed E-state index contributed by atoms with van der Waals surface area (Å²) < 4.78 is 0. The molecule has 0 N–H and O–H groups in total. The third-order valence-electron chi connectivity index (χ3n) is 14.2. The first-order valence-electron chi connectivity index (χ1n) is 24.2. The van der Waals surface area contributed by atoms with Crippen LogP contribution in [-0.4, -0.2) is 0 Å². The van der Waals surface area contributed by atoms with Crippen LogP contribution in [0.1, 0.15) is 11.1 Å². The standard InChI is InChI=1S/C68H48N2/c1-45-13-11-23-57(37-45)69(59-31-29-49-17-5-9-21-53(49)41-59)61-33-35-63-65(43-61)67(55-27-25-47-15-3-7-19-51(47)39-55)64-36-34-62(44-66(64)68(63)56-28-26-48-16-4-8-20-52(48)40-56)70(58-24-12-14-46(2)38-58)60-32-30-50-18-6-10-22-54(50)42-60/h3-44H,1-2H3. The van der Waals surface area contributed by atoms with E-state index in [1.807, 2.05) is 0 Å². The molecular weight excluding hydrogens is 845 g/mol. The van der Waals surface area contributed by atoms with Gasteiger partial charge >= 0.3 is 0 Å². The summed E-state index contributed by atoms with van der Waals surface area (Å²) in [4.78, 5) is 4.85. The minimum absolute atomic E-state index is 1.10. The molecule has 0 heterocycles. The zero-order valence-corrected chi connectivity index (χ0v) is 39.1. The molecule has 0 unspecified atom stereocenters. The Kier molecular flexibility index (Phi) is 9.99. The molecule has 0 bridgehead atoms. The highest BCUT2D eigenvalue weighted by molar-refractivity contribution is 6.23. The number of aryl methyl sites for hydroxylation is 2. The van der Waals surface area contributed by atoms with Crippen LogP contribution in [0.2, 0.25) is 0 Å². The minimum atomic E-state index is 1.10. The molecule has 0 spiro atoms. The largest absolute Gasteiger partial charge is 0.310 e. The Morgan fingerprint density at radius 3 is 0.914 bits per heavy atom. The van der Waals surface area contributed by atoms with Crippen molar-refractivity contribution in [3.8, 4) is 22.3 Å². The molecule has 0 amide bonds. The summed E-state index contributed by atoms with van der Waals surface area (Å²) in [5.74, 6) is 0. The van der Waals surface area contributed by atoms with Crippen LogP contribution in [0.15, 0.2) is 255 Å². The zero-order chi connectivity index (χ0) is 46.7. The third-order valence-corrected chi connectivity index (χ3v) is 14.2. The van der Waals surface area contributed by atoms with Gasteiger partial charge in [-0.3, -0.25) is 0 Å². The lowest BCUT2D eigenvalue weighted by molar-refractivity contribution is 1.28. The molecule has 13 aromatic carbocycles. The molecule has 2 heteroatoms. The number of hydrogen-bond donors (Lipinski definition) is 0. The smallest absolute Gasteiger partial charge is 0.0468 e. The van der Waals surface area contributed by atoms with E-state index in [-0.39, 0.29) is 0 Å². The second kappa shape index (κ2) is 17.0. The number of anilines is 6. The molecule has 13 aromatic rings. The van der Waals surface area contributed by atoms with E-state index in [0.717, 1.165) is 34.1 Å². The van der Waals surface area contributed by atoms with Gasteiger partial charge in [0.05, 0.1) is 0 Å². The molecule has 0 saturated heterocycles. The molecule has 0 aliphatic heterocycles. The summed E-state index contributed by atoms with van der Waals surface area (Å²) in [6.07, 6.45) is 0. The van der Waals surface area contributed by atoms with E-state index in [2.05, 4.69) is 278 Å². The Bertz CT molecular complexity index is 3910. The van der Waals surface area contributed by atoms with Gasteiger partial charge in [0.2, 0.25) is 0 Å². The van der Waals surface area contributed by atoms with Gasteiger partial charge in [-0.2, -0.15) is 0 Å². The maximum atomic E-state index is 2.45. The Morgan fingerprint density at radius 1 is 0.214 bits per heavy atom. The minimum Gasteiger partial charge on any atom is -0.310 e. The first-order chi connectivity index (χ1) is 34.5. The van der Waals surface area contributed by atoms with E-state index in [9.17, 15) is 0 Å². The van der Waals surface area contributed by atoms with E-state index >= 15 is 0 Å². The van der Waals surface area contributed by atoms with Crippen LogP contribution in [0.25, 0.3) is 86.9 Å². The van der Waals surface area contributed by atoms with E-state index in [0.29, 0.717) is 0 Å². The molecular formula is C68H48N2. The average Bonchev–Trinajstić information content (AvgIpc) is 3.40. The summed E-state index contributed by atoms with van der Waals surface area (Å²) in [5, 5.41) is 14.5. The quantitative estimate of drug-likeness (QED) is 0.140. The highest BCUT2D eigenvalue weighted by Crippen LogP contribution is 2.49. The first-order valence-corrected chi connectivity index (χ1v) is 24.2. The molecule has 0 saturated carbocycles. The number of fused-ring (bicyclic) bond motifs is 6. The fraction of sp³-hybridized carbons (Fsp3) is 0.0294. The van der Waals surface area contributed by atoms with Crippen molar-refractivity contribution in [2.45, 2.75) is 13.8 Å². The zero-order valence-electron chi connectivity index (χ0n) is 39.1. The number of hydrogen-bond acceptors (Lipinski definition) is 2. The lowest BCUT2D eigenvalue weighted by atomic mass is 9.84. The van der Waals surface area contributed by atoms with Gasteiger partial charge in [-0.15, -0.1) is 0 Å². The van der Waals surface area contributed by atoms with Gasteiger partial charge in [-0.05, 0) is 197 Å². The summed E-state index contributed by atoms with van der Waals surface area (Å²) >= 11 is 0. The van der Waals surface area contributed by atoms with Gasteiger partial charge < -0.3 is 9.80 Å². The van der Waals surface area contributed by atoms with Crippen LogP contribution in [0.3, 0.4) is 0 Å². The van der Waals surface area contributed by atoms with Crippen LogP contribution in [-0.2, 0) is 0 Å². The predicted molar refractivity (Wildman–Crippen MR) is 301 cm³/mol. The van der Waals surface area contributed by atoms with Crippen LogP contribution < -0.4 is 9.80 Å². The van der Waals surface area contributed by atoms with E-state index in [1.54, 1.807) is 0 Å². The fourth-order valence-corrected chi connectivity index (χ4v) is 10.9. The van der Waals surface area contributed by atoms with Gasteiger partial charge in [-0.1, -0.05) is 170 Å². The molecule has 0 radical (unpaired) electrons. The van der Waals surface area contributed by atoms with Crippen molar-refractivity contribution < 1.29 is 0 Å². The van der Waals surface area contributed by atoms with Crippen molar-refractivity contribution in [1.82, 2.24) is 0 Å². The topological polar surface area (TPSA) is 6.48 Å². The third kappa shape index (κ3) is 7.30. The molecule has 0 aliphatic carbocycles.